The number of halogens is 4. The van der Waals surface area contributed by atoms with Gasteiger partial charge in [-0.15, -0.1) is 11.3 Å². The van der Waals surface area contributed by atoms with Crippen molar-refractivity contribution < 1.29 is 22.3 Å². The second-order valence-electron chi connectivity index (χ2n) is 8.30. The monoisotopic (exact) mass is 634 g/mol. The van der Waals surface area contributed by atoms with Gasteiger partial charge in [0.2, 0.25) is 5.95 Å². The van der Waals surface area contributed by atoms with E-state index in [2.05, 4.69) is 30.0 Å². The van der Waals surface area contributed by atoms with E-state index in [9.17, 15) is 12.8 Å². The first-order valence-electron chi connectivity index (χ1n) is 11.7. The fourth-order valence-corrected chi connectivity index (χ4v) is 6.99. The van der Waals surface area contributed by atoms with Gasteiger partial charge >= 0.3 is 0 Å². The quantitative estimate of drug-likeness (QED) is 0.177. The van der Waals surface area contributed by atoms with Crippen LogP contribution in [0, 0.1) is 11.6 Å². The number of aliphatic hydroxyl groups is 1. The molecule has 0 aliphatic carbocycles. The molecule has 0 aliphatic rings. The van der Waals surface area contributed by atoms with E-state index in [1.165, 1.54) is 54.7 Å². The van der Waals surface area contributed by atoms with Gasteiger partial charge in [0.05, 0.1) is 50.5 Å². The van der Waals surface area contributed by atoms with Gasteiger partial charge in [-0.25, -0.2) is 32.2 Å². The number of aromatic nitrogens is 4. The second-order valence-corrected chi connectivity index (χ2v) is 11.7. The molecule has 9 nitrogen and oxygen atoms in total. The van der Waals surface area contributed by atoms with Crippen molar-refractivity contribution in [3.8, 4) is 32.5 Å². The number of rotatable bonds is 9. The van der Waals surface area contributed by atoms with E-state index in [1.807, 2.05) is 0 Å². The highest BCUT2D eigenvalue weighted by Crippen LogP contribution is 2.42. The summed E-state index contributed by atoms with van der Waals surface area (Å²) < 4.78 is 58.1. The van der Waals surface area contributed by atoms with Crippen LogP contribution in [0.15, 0.2) is 71.9 Å². The van der Waals surface area contributed by atoms with Gasteiger partial charge in [-0.1, -0.05) is 35.3 Å². The molecule has 0 spiro atoms. The number of benzene rings is 2. The molecular formula is C26H18Cl2F2N6O3S2. The van der Waals surface area contributed by atoms with Gasteiger partial charge < -0.3 is 10.4 Å². The van der Waals surface area contributed by atoms with E-state index in [-0.39, 0.29) is 46.1 Å². The molecule has 0 atom stereocenters. The van der Waals surface area contributed by atoms with Crippen LogP contribution >= 0.6 is 34.5 Å². The molecule has 15 heteroatoms. The van der Waals surface area contributed by atoms with Crippen LogP contribution in [0.4, 0.5) is 20.4 Å². The number of anilines is 2. The molecule has 0 saturated heterocycles. The lowest BCUT2D eigenvalue weighted by molar-refractivity contribution is 0.311. The Balaban J connectivity index is 1.63. The fourth-order valence-electron chi connectivity index (χ4n) is 3.75. The molecule has 5 aromatic rings. The van der Waals surface area contributed by atoms with Crippen LogP contribution in [-0.4, -0.2) is 46.6 Å². The molecule has 0 aliphatic heterocycles. The third kappa shape index (κ3) is 6.14. The molecule has 210 valence electrons. The van der Waals surface area contributed by atoms with Crippen molar-refractivity contribution in [3.05, 3.63) is 88.7 Å². The molecule has 0 bridgehead atoms. The second kappa shape index (κ2) is 12.0. The number of hydrogen-bond donors (Lipinski definition) is 3. The standard InChI is InChI=1S/C26H18Cl2F2N6O3S2/c27-16-4-2-5-17(28)24(16)41(38,39)36-18-6-1-3-15(21(18)30)22-23(19-9-10-31-26(34-19)32-11-12-37)40-25(35-22)20-8-7-14(29)13-33-20/h1-10,13,36-37H,11-12H2,(H,31,32,34). The maximum Gasteiger partial charge on any atom is 0.264 e. The van der Waals surface area contributed by atoms with Crippen LogP contribution in [-0.2, 0) is 10.0 Å². The Hall–Kier alpha value is -3.75. The Kier molecular flexibility index (Phi) is 8.42. The predicted octanol–water partition coefficient (Wildman–Crippen LogP) is 6.12. The van der Waals surface area contributed by atoms with Gasteiger partial charge in [0.1, 0.15) is 15.7 Å². The van der Waals surface area contributed by atoms with Crippen molar-refractivity contribution in [2.75, 3.05) is 23.2 Å². The third-order valence-electron chi connectivity index (χ3n) is 5.54. The maximum atomic E-state index is 16.0. The normalized spacial score (nSPS) is 11.4. The summed E-state index contributed by atoms with van der Waals surface area (Å²) in [6.45, 7) is 0.0586. The number of thiazole rings is 1. The first-order chi connectivity index (χ1) is 19.7. The third-order valence-corrected chi connectivity index (χ3v) is 8.96. The lowest BCUT2D eigenvalue weighted by atomic mass is 10.1. The molecule has 0 saturated carbocycles. The van der Waals surface area contributed by atoms with Crippen molar-refractivity contribution in [2.24, 2.45) is 0 Å². The summed E-state index contributed by atoms with van der Waals surface area (Å²) in [5.41, 5.74) is 0.430. The number of nitrogens with one attached hydrogen (secondary N) is 2. The summed E-state index contributed by atoms with van der Waals surface area (Å²) in [6.07, 6.45) is 2.52. The topological polar surface area (TPSA) is 130 Å². The van der Waals surface area contributed by atoms with Gasteiger partial charge in [0.15, 0.2) is 5.82 Å². The van der Waals surface area contributed by atoms with Gasteiger partial charge in [-0.05, 0) is 42.5 Å². The van der Waals surface area contributed by atoms with Gasteiger partial charge in [0.25, 0.3) is 10.0 Å². The number of sulfonamides is 1. The van der Waals surface area contributed by atoms with Crippen molar-refractivity contribution in [1.29, 1.82) is 0 Å². The van der Waals surface area contributed by atoms with E-state index >= 15 is 4.39 Å². The highest BCUT2D eigenvalue weighted by atomic mass is 35.5. The Morgan fingerprint density at radius 3 is 2.39 bits per heavy atom. The number of aliphatic hydroxyl groups excluding tert-OH is 1. The molecule has 3 aromatic heterocycles. The molecule has 0 amide bonds. The largest absolute Gasteiger partial charge is 0.395 e. The minimum atomic E-state index is -4.38. The molecule has 41 heavy (non-hydrogen) atoms. The summed E-state index contributed by atoms with van der Waals surface area (Å²) in [6, 6.07) is 12.6. The first-order valence-corrected chi connectivity index (χ1v) is 14.8. The van der Waals surface area contributed by atoms with Gasteiger partial charge in [0, 0.05) is 18.3 Å². The van der Waals surface area contributed by atoms with Crippen molar-refractivity contribution >= 4 is 56.2 Å². The molecule has 2 aromatic carbocycles. The molecule has 5 rings (SSSR count). The Labute approximate surface area is 247 Å². The summed E-state index contributed by atoms with van der Waals surface area (Å²) in [4.78, 5) is 17.3. The van der Waals surface area contributed by atoms with Crippen LogP contribution in [0.1, 0.15) is 0 Å². The highest BCUT2D eigenvalue weighted by Gasteiger charge is 2.26. The Bertz CT molecular complexity index is 1820. The van der Waals surface area contributed by atoms with E-state index in [0.717, 1.165) is 17.5 Å². The zero-order chi connectivity index (χ0) is 29.1. The highest BCUT2D eigenvalue weighted by molar-refractivity contribution is 7.93. The molecule has 3 heterocycles. The van der Waals surface area contributed by atoms with Crippen LogP contribution < -0.4 is 10.0 Å². The number of hydrogen-bond acceptors (Lipinski definition) is 9. The lowest BCUT2D eigenvalue weighted by Gasteiger charge is -2.13. The summed E-state index contributed by atoms with van der Waals surface area (Å²) in [5.74, 6) is -1.24. The fraction of sp³-hybridized carbons (Fsp3) is 0.0769. The molecule has 0 radical (unpaired) electrons. The molecule has 0 fully saturated rings. The zero-order valence-electron chi connectivity index (χ0n) is 20.6. The predicted molar refractivity (Wildman–Crippen MR) is 155 cm³/mol. The average molecular weight is 636 g/mol. The zero-order valence-corrected chi connectivity index (χ0v) is 23.8. The SMILES string of the molecule is O=S(=O)(Nc1cccc(-c2nc(-c3ccc(F)cn3)sc2-c2ccnc(NCCO)n2)c1F)c1c(Cl)cccc1Cl. The minimum absolute atomic E-state index is 0.0430. The Morgan fingerprint density at radius 2 is 1.68 bits per heavy atom. The van der Waals surface area contributed by atoms with E-state index < -0.39 is 26.6 Å². The summed E-state index contributed by atoms with van der Waals surface area (Å²) in [5, 5.41) is 12.1. The van der Waals surface area contributed by atoms with E-state index in [4.69, 9.17) is 28.3 Å². The lowest BCUT2D eigenvalue weighted by Crippen LogP contribution is -2.15. The summed E-state index contributed by atoms with van der Waals surface area (Å²) in [7, 11) is -4.38. The Morgan fingerprint density at radius 1 is 0.927 bits per heavy atom. The number of nitrogens with zero attached hydrogens (tertiary/aromatic N) is 4. The number of pyridine rings is 1. The summed E-state index contributed by atoms with van der Waals surface area (Å²) >= 11 is 13.3. The molecular weight excluding hydrogens is 617 g/mol. The van der Waals surface area contributed by atoms with E-state index in [1.54, 1.807) is 6.07 Å². The van der Waals surface area contributed by atoms with E-state index in [0.29, 0.717) is 21.3 Å². The van der Waals surface area contributed by atoms with Crippen molar-refractivity contribution in [1.82, 2.24) is 19.9 Å². The molecule has 0 unspecified atom stereocenters. The van der Waals surface area contributed by atoms with Crippen molar-refractivity contribution in [2.45, 2.75) is 4.90 Å². The van der Waals surface area contributed by atoms with Gasteiger partial charge in [-0.3, -0.25) is 9.71 Å². The maximum absolute atomic E-state index is 16.0. The average Bonchev–Trinajstić information content (AvgIpc) is 3.38. The van der Waals surface area contributed by atoms with Crippen LogP contribution in [0.5, 0.6) is 0 Å². The van der Waals surface area contributed by atoms with Crippen molar-refractivity contribution in [3.63, 3.8) is 0 Å². The van der Waals surface area contributed by atoms with Crippen LogP contribution in [0.2, 0.25) is 10.0 Å². The minimum Gasteiger partial charge on any atom is -0.395 e. The smallest absolute Gasteiger partial charge is 0.264 e. The van der Waals surface area contributed by atoms with Crippen LogP contribution in [0.3, 0.4) is 0 Å². The van der Waals surface area contributed by atoms with Gasteiger partial charge in [-0.2, -0.15) is 0 Å². The molecule has 3 N–H and O–H groups in total. The first kappa shape index (κ1) is 28.8. The van der Waals surface area contributed by atoms with Crippen LogP contribution in [0.25, 0.3) is 32.5 Å².